The summed E-state index contributed by atoms with van der Waals surface area (Å²) in [5.74, 6) is 0.725. The van der Waals surface area contributed by atoms with Crippen molar-refractivity contribution in [3.8, 4) is 0 Å². The second-order valence-electron chi connectivity index (χ2n) is 5.88. The van der Waals surface area contributed by atoms with Crippen molar-refractivity contribution in [1.82, 2.24) is 0 Å². The first-order chi connectivity index (χ1) is 9.86. The Bertz CT molecular complexity index is 507. The second kappa shape index (κ2) is 8.09. The Kier molecular flexibility index (Phi) is 6.11. The van der Waals surface area contributed by atoms with E-state index in [-0.39, 0.29) is 0 Å². The number of hydrogen-bond acceptors (Lipinski definition) is 0. The average Bonchev–Trinajstić information content (AvgIpc) is 2.51. The Morgan fingerprint density at radius 1 is 0.800 bits per heavy atom. The van der Waals surface area contributed by atoms with Crippen molar-refractivity contribution in [1.29, 1.82) is 0 Å². The molecule has 0 saturated carbocycles. The van der Waals surface area contributed by atoms with Gasteiger partial charge in [-0.05, 0) is 35.1 Å². The monoisotopic (exact) mass is 268 g/mol. The van der Waals surface area contributed by atoms with Crippen molar-refractivity contribution in [2.24, 2.45) is 0 Å². The molecule has 2 aromatic rings. The molecule has 0 heteroatoms. The van der Waals surface area contributed by atoms with Crippen molar-refractivity contribution < 1.29 is 0 Å². The molecule has 0 nitrogen and oxygen atoms in total. The first-order valence-electron chi connectivity index (χ1n) is 8.34. The zero-order valence-corrected chi connectivity index (χ0v) is 13.1. The minimum Gasteiger partial charge on any atom is -0.0654 e. The predicted molar refractivity (Wildman–Crippen MR) is 90.4 cm³/mol. The zero-order chi connectivity index (χ0) is 14.2. The number of benzene rings is 2. The summed E-state index contributed by atoms with van der Waals surface area (Å²) in [7, 11) is 0. The highest BCUT2D eigenvalue weighted by molar-refractivity contribution is 5.86. The quantitative estimate of drug-likeness (QED) is 0.468. The van der Waals surface area contributed by atoms with E-state index in [9.17, 15) is 0 Å². The van der Waals surface area contributed by atoms with Crippen LogP contribution in [0, 0.1) is 0 Å². The van der Waals surface area contributed by atoms with Gasteiger partial charge in [0.15, 0.2) is 0 Å². The van der Waals surface area contributed by atoms with Crippen molar-refractivity contribution in [3.05, 3.63) is 48.0 Å². The van der Waals surface area contributed by atoms with Gasteiger partial charge in [-0.25, -0.2) is 0 Å². The molecule has 0 aliphatic carbocycles. The van der Waals surface area contributed by atoms with Crippen LogP contribution in [0.1, 0.15) is 70.3 Å². The zero-order valence-electron chi connectivity index (χ0n) is 13.1. The van der Waals surface area contributed by atoms with Crippen LogP contribution in [-0.2, 0) is 0 Å². The van der Waals surface area contributed by atoms with Gasteiger partial charge in [0.05, 0.1) is 0 Å². The van der Waals surface area contributed by atoms with Crippen molar-refractivity contribution in [3.63, 3.8) is 0 Å². The third kappa shape index (κ3) is 3.85. The van der Waals surface area contributed by atoms with Gasteiger partial charge in [0.25, 0.3) is 0 Å². The van der Waals surface area contributed by atoms with Crippen LogP contribution in [0.3, 0.4) is 0 Å². The summed E-state index contributed by atoms with van der Waals surface area (Å²) in [6.07, 6.45) is 9.50. The molecule has 2 rings (SSSR count). The van der Waals surface area contributed by atoms with Gasteiger partial charge in [-0.3, -0.25) is 0 Å². The van der Waals surface area contributed by atoms with Crippen LogP contribution >= 0.6 is 0 Å². The largest absolute Gasteiger partial charge is 0.0654 e. The average molecular weight is 268 g/mol. The Balaban J connectivity index is 2.05. The summed E-state index contributed by atoms with van der Waals surface area (Å²) in [5.41, 5.74) is 1.56. The van der Waals surface area contributed by atoms with Gasteiger partial charge in [0, 0.05) is 0 Å². The SMILES string of the molecule is CCCCCCCC(CC)c1cccc2ccccc12. The van der Waals surface area contributed by atoms with Gasteiger partial charge in [0.2, 0.25) is 0 Å². The normalized spacial score (nSPS) is 12.7. The molecule has 20 heavy (non-hydrogen) atoms. The molecule has 1 atom stereocenters. The molecule has 2 aromatic carbocycles. The highest BCUT2D eigenvalue weighted by atomic mass is 14.2. The van der Waals surface area contributed by atoms with E-state index in [1.165, 1.54) is 55.7 Å². The molecule has 108 valence electrons. The molecule has 0 aliphatic rings. The summed E-state index contributed by atoms with van der Waals surface area (Å²) in [5, 5.41) is 2.84. The minimum absolute atomic E-state index is 0.725. The first-order valence-corrected chi connectivity index (χ1v) is 8.34. The number of rotatable bonds is 8. The van der Waals surface area contributed by atoms with Gasteiger partial charge in [-0.15, -0.1) is 0 Å². The van der Waals surface area contributed by atoms with Crippen LogP contribution in [0.15, 0.2) is 42.5 Å². The Morgan fingerprint density at radius 2 is 1.55 bits per heavy atom. The highest BCUT2D eigenvalue weighted by Gasteiger charge is 2.11. The predicted octanol–water partition coefficient (Wildman–Crippen LogP) is 6.69. The van der Waals surface area contributed by atoms with E-state index in [1.54, 1.807) is 5.56 Å². The third-order valence-electron chi connectivity index (χ3n) is 4.41. The molecule has 0 heterocycles. The first kappa shape index (κ1) is 15.1. The lowest BCUT2D eigenvalue weighted by Gasteiger charge is -2.17. The Morgan fingerprint density at radius 3 is 2.35 bits per heavy atom. The Labute approximate surface area is 124 Å². The van der Waals surface area contributed by atoms with Gasteiger partial charge in [-0.2, -0.15) is 0 Å². The van der Waals surface area contributed by atoms with E-state index >= 15 is 0 Å². The summed E-state index contributed by atoms with van der Waals surface area (Å²) in [6.45, 7) is 4.61. The molecule has 0 fully saturated rings. The van der Waals surface area contributed by atoms with Crippen LogP contribution in [0.5, 0.6) is 0 Å². The smallest absolute Gasteiger partial charge is 0.0149 e. The number of unbranched alkanes of at least 4 members (excludes halogenated alkanes) is 4. The summed E-state index contributed by atoms with van der Waals surface area (Å²) < 4.78 is 0. The second-order valence-corrected chi connectivity index (χ2v) is 5.88. The lowest BCUT2D eigenvalue weighted by molar-refractivity contribution is 0.537. The highest BCUT2D eigenvalue weighted by Crippen LogP contribution is 2.31. The molecule has 0 radical (unpaired) electrons. The third-order valence-corrected chi connectivity index (χ3v) is 4.41. The van der Waals surface area contributed by atoms with Gasteiger partial charge in [0.1, 0.15) is 0 Å². The van der Waals surface area contributed by atoms with E-state index in [4.69, 9.17) is 0 Å². The van der Waals surface area contributed by atoms with E-state index in [1.807, 2.05) is 0 Å². The lowest BCUT2D eigenvalue weighted by Crippen LogP contribution is -1.98. The molecule has 0 aliphatic heterocycles. The number of fused-ring (bicyclic) bond motifs is 1. The van der Waals surface area contributed by atoms with Crippen LogP contribution in [0.4, 0.5) is 0 Å². The maximum Gasteiger partial charge on any atom is -0.0149 e. The fourth-order valence-electron chi connectivity index (χ4n) is 3.18. The summed E-state index contributed by atoms with van der Waals surface area (Å²) in [6, 6.07) is 15.6. The molecular formula is C20H28. The lowest BCUT2D eigenvalue weighted by atomic mass is 9.87. The molecule has 0 bridgehead atoms. The maximum absolute atomic E-state index is 2.34. The van der Waals surface area contributed by atoms with E-state index < -0.39 is 0 Å². The molecular weight excluding hydrogens is 240 g/mol. The molecule has 0 saturated heterocycles. The summed E-state index contributed by atoms with van der Waals surface area (Å²) >= 11 is 0. The fraction of sp³-hybridized carbons (Fsp3) is 0.500. The van der Waals surface area contributed by atoms with Crippen LogP contribution in [-0.4, -0.2) is 0 Å². The van der Waals surface area contributed by atoms with Crippen molar-refractivity contribution in [2.75, 3.05) is 0 Å². The minimum atomic E-state index is 0.725. The van der Waals surface area contributed by atoms with Gasteiger partial charge < -0.3 is 0 Å². The van der Waals surface area contributed by atoms with E-state index in [0.29, 0.717) is 0 Å². The van der Waals surface area contributed by atoms with Crippen LogP contribution < -0.4 is 0 Å². The number of hydrogen-bond donors (Lipinski definition) is 0. The van der Waals surface area contributed by atoms with Crippen molar-refractivity contribution >= 4 is 10.8 Å². The van der Waals surface area contributed by atoms with Gasteiger partial charge >= 0.3 is 0 Å². The summed E-state index contributed by atoms with van der Waals surface area (Å²) in [4.78, 5) is 0. The fourth-order valence-corrected chi connectivity index (χ4v) is 3.18. The Hall–Kier alpha value is -1.30. The van der Waals surface area contributed by atoms with Crippen LogP contribution in [0.2, 0.25) is 0 Å². The maximum atomic E-state index is 2.34. The molecule has 0 aromatic heterocycles. The molecule has 0 N–H and O–H groups in total. The molecule has 0 amide bonds. The van der Waals surface area contributed by atoms with E-state index in [2.05, 4.69) is 56.3 Å². The van der Waals surface area contributed by atoms with E-state index in [0.717, 1.165) is 5.92 Å². The molecule has 0 spiro atoms. The molecule has 1 unspecified atom stereocenters. The van der Waals surface area contributed by atoms with Gasteiger partial charge in [-0.1, -0.05) is 88.4 Å². The standard InChI is InChI=1S/C20H28/c1-3-5-6-7-8-12-17(4-2)19-16-11-14-18-13-9-10-15-20(18)19/h9-11,13-17H,3-8,12H2,1-2H3. The van der Waals surface area contributed by atoms with Crippen molar-refractivity contribution in [2.45, 2.75) is 64.7 Å². The van der Waals surface area contributed by atoms with Crippen LogP contribution in [0.25, 0.3) is 10.8 Å². The topological polar surface area (TPSA) is 0 Å².